The van der Waals surface area contributed by atoms with Crippen LogP contribution < -0.4 is 0 Å². The fourth-order valence-electron chi connectivity index (χ4n) is 1.96. The van der Waals surface area contributed by atoms with Gasteiger partial charge in [0.25, 0.3) is 0 Å². The molecule has 1 aliphatic heterocycles. The molecule has 4 heteroatoms. The van der Waals surface area contributed by atoms with Crippen LogP contribution in [-0.2, 0) is 4.79 Å². The first-order valence-corrected chi connectivity index (χ1v) is 4.70. The van der Waals surface area contributed by atoms with Crippen LogP contribution in [0.15, 0.2) is 0 Å². The first-order valence-electron chi connectivity index (χ1n) is 4.70. The van der Waals surface area contributed by atoms with Gasteiger partial charge in [0.1, 0.15) is 6.04 Å². The van der Waals surface area contributed by atoms with Crippen molar-refractivity contribution < 1.29 is 15.0 Å². The zero-order chi connectivity index (χ0) is 10.0. The van der Waals surface area contributed by atoms with Gasteiger partial charge in [0.2, 0.25) is 0 Å². The van der Waals surface area contributed by atoms with Gasteiger partial charge in [-0.1, -0.05) is 0 Å². The Morgan fingerprint density at radius 2 is 2.15 bits per heavy atom. The van der Waals surface area contributed by atoms with Crippen molar-refractivity contribution in [1.82, 2.24) is 4.90 Å². The second-order valence-corrected chi connectivity index (χ2v) is 3.70. The Bertz CT molecular complexity index is 193. The summed E-state index contributed by atoms with van der Waals surface area (Å²) in [5.41, 5.74) is 0. The Morgan fingerprint density at radius 3 is 2.62 bits per heavy atom. The van der Waals surface area contributed by atoms with Gasteiger partial charge in [0.15, 0.2) is 0 Å². The monoisotopic (exact) mass is 187 g/mol. The van der Waals surface area contributed by atoms with Crippen molar-refractivity contribution in [3.63, 3.8) is 0 Å². The van der Waals surface area contributed by atoms with E-state index in [0.717, 1.165) is 19.4 Å². The highest BCUT2D eigenvalue weighted by molar-refractivity contribution is 5.73. The highest BCUT2D eigenvalue weighted by Crippen LogP contribution is 2.22. The smallest absolute Gasteiger partial charge is 0.320 e. The third kappa shape index (κ3) is 2.19. The molecule has 0 aromatic rings. The Balaban J connectivity index is 2.62. The fourth-order valence-corrected chi connectivity index (χ4v) is 1.96. The predicted molar refractivity (Wildman–Crippen MR) is 48.5 cm³/mol. The van der Waals surface area contributed by atoms with Gasteiger partial charge in [-0.2, -0.15) is 0 Å². The normalized spacial score (nSPS) is 28.7. The minimum Gasteiger partial charge on any atom is -0.480 e. The summed E-state index contributed by atoms with van der Waals surface area (Å²) >= 11 is 0. The number of likely N-dealkylation sites (tertiary alicyclic amines) is 1. The summed E-state index contributed by atoms with van der Waals surface area (Å²) in [6, 6.07) is -0.465. The van der Waals surface area contributed by atoms with Gasteiger partial charge < -0.3 is 10.2 Å². The van der Waals surface area contributed by atoms with Crippen LogP contribution in [0.3, 0.4) is 0 Å². The molecule has 1 heterocycles. The van der Waals surface area contributed by atoms with Crippen LogP contribution in [0.2, 0.25) is 0 Å². The number of aliphatic hydroxyl groups is 1. The van der Waals surface area contributed by atoms with Gasteiger partial charge in [-0.15, -0.1) is 0 Å². The van der Waals surface area contributed by atoms with Crippen molar-refractivity contribution in [1.29, 1.82) is 0 Å². The van der Waals surface area contributed by atoms with Crippen molar-refractivity contribution >= 4 is 5.97 Å². The first-order chi connectivity index (χ1) is 6.04. The molecule has 0 aliphatic carbocycles. The topological polar surface area (TPSA) is 60.8 Å². The molecule has 76 valence electrons. The average molecular weight is 187 g/mol. The number of carbonyl (C=O) groups is 1. The van der Waals surface area contributed by atoms with Crippen LogP contribution in [0.5, 0.6) is 0 Å². The summed E-state index contributed by atoms with van der Waals surface area (Å²) in [5.74, 6) is -0.812. The van der Waals surface area contributed by atoms with Crippen LogP contribution in [-0.4, -0.2) is 45.8 Å². The van der Waals surface area contributed by atoms with Gasteiger partial charge in [-0.3, -0.25) is 9.69 Å². The number of rotatable bonds is 3. The van der Waals surface area contributed by atoms with E-state index in [1.165, 1.54) is 0 Å². The van der Waals surface area contributed by atoms with Crippen molar-refractivity contribution in [3.05, 3.63) is 0 Å². The number of aliphatic hydroxyl groups excluding tert-OH is 1. The van der Waals surface area contributed by atoms with Crippen LogP contribution in [0.25, 0.3) is 0 Å². The maximum absolute atomic E-state index is 10.7. The maximum atomic E-state index is 10.7. The highest BCUT2D eigenvalue weighted by Gasteiger charge is 2.34. The summed E-state index contributed by atoms with van der Waals surface area (Å²) in [6.45, 7) is 4.17. The number of nitrogens with zero attached hydrogens (tertiary/aromatic N) is 1. The van der Waals surface area contributed by atoms with E-state index in [4.69, 9.17) is 5.11 Å². The van der Waals surface area contributed by atoms with E-state index in [9.17, 15) is 9.90 Å². The molecule has 0 bridgehead atoms. The molecule has 1 saturated heterocycles. The van der Waals surface area contributed by atoms with Crippen molar-refractivity contribution in [2.24, 2.45) is 0 Å². The number of hydrogen-bond donors (Lipinski definition) is 2. The van der Waals surface area contributed by atoms with Gasteiger partial charge in [0, 0.05) is 6.04 Å². The second kappa shape index (κ2) is 4.07. The summed E-state index contributed by atoms with van der Waals surface area (Å²) in [5, 5.41) is 18.2. The van der Waals surface area contributed by atoms with Crippen LogP contribution >= 0.6 is 0 Å². The molecule has 0 aromatic heterocycles. The van der Waals surface area contributed by atoms with E-state index >= 15 is 0 Å². The molecule has 4 nitrogen and oxygen atoms in total. The Labute approximate surface area is 78.2 Å². The van der Waals surface area contributed by atoms with E-state index in [1.807, 2.05) is 4.90 Å². The van der Waals surface area contributed by atoms with Gasteiger partial charge in [-0.05, 0) is 33.2 Å². The predicted octanol–water partition coefficient (Wildman–Crippen LogP) is 0.305. The van der Waals surface area contributed by atoms with Crippen molar-refractivity contribution in [3.8, 4) is 0 Å². The fraction of sp³-hybridized carbons (Fsp3) is 0.889. The SMILES string of the molecule is CC(O)C1CCCN1C(C)C(=O)O. The summed E-state index contributed by atoms with van der Waals surface area (Å²) in [4.78, 5) is 12.6. The van der Waals surface area contributed by atoms with Crippen LogP contribution in [0, 0.1) is 0 Å². The van der Waals surface area contributed by atoms with Gasteiger partial charge in [0.05, 0.1) is 6.10 Å². The molecule has 1 fully saturated rings. The Kier molecular flexibility index (Phi) is 3.27. The van der Waals surface area contributed by atoms with Crippen molar-refractivity contribution in [2.75, 3.05) is 6.54 Å². The minimum atomic E-state index is -0.812. The first kappa shape index (κ1) is 10.5. The molecule has 0 radical (unpaired) electrons. The van der Waals surface area contributed by atoms with Crippen LogP contribution in [0.4, 0.5) is 0 Å². The number of hydrogen-bond acceptors (Lipinski definition) is 3. The number of carboxylic acid groups (broad SMARTS) is 1. The summed E-state index contributed by atoms with van der Waals surface area (Å²) in [6.07, 6.45) is 1.44. The Morgan fingerprint density at radius 1 is 1.54 bits per heavy atom. The zero-order valence-corrected chi connectivity index (χ0v) is 8.10. The lowest BCUT2D eigenvalue weighted by molar-refractivity contribution is -0.143. The summed E-state index contributed by atoms with van der Waals surface area (Å²) < 4.78 is 0. The molecule has 3 unspecified atom stereocenters. The number of aliphatic carboxylic acids is 1. The minimum absolute atomic E-state index is 0.0195. The zero-order valence-electron chi connectivity index (χ0n) is 8.10. The molecular weight excluding hydrogens is 170 g/mol. The molecule has 2 N–H and O–H groups in total. The van der Waals surface area contributed by atoms with E-state index in [1.54, 1.807) is 13.8 Å². The number of carboxylic acids is 1. The Hall–Kier alpha value is -0.610. The third-order valence-corrected chi connectivity index (χ3v) is 2.75. The van der Waals surface area contributed by atoms with E-state index in [2.05, 4.69) is 0 Å². The summed E-state index contributed by atoms with van der Waals surface area (Å²) in [7, 11) is 0. The lowest BCUT2D eigenvalue weighted by atomic mass is 10.1. The molecule has 0 spiro atoms. The quantitative estimate of drug-likeness (QED) is 0.667. The molecule has 1 aliphatic rings. The molecule has 1 rings (SSSR count). The van der Waals surface area contributed by atoms with E-state index < -0.39 is 18.1 Å². The molecular formula is C9H17NO3. The molecule has 13 heavy (non-hydrogen) atoms. The molecule has 0 saturated carbocycles. The van der Waals surface area contributed by atoms with Crippen molar-refractivity contribution in [2.45, 2.75) is 44.9 Å². The van der Waals surface area contributed by atoms with Gasteiger partial charge >= 0.3 is 5.97 Å². The average Bonchev–Trinajstić information content (AvgIpc) is 2.50. The molecule has 0 aromatic carbocycles. The van der Waals surface area contributed by atoms with E-state index in [0.29, 0.717) is 0 Å². The molecule has 0 amide bonds. The third-order valence-electron chi connectivity index (χ3n) is 2.75. The maximum Gasteiger partial charge on any atom is 0.320 e. The highest BCUT2D eigenvalue weighted by atomic mass is 16.4. The standard InChI is InChI=1S/C9H17NO3/c1-6(9(12)13)10-5-3-4-8(10)7(2)11/h6-8,11H,3-5H2,1-2H3,(H,12,13). The lowest BCUT2D eigenvalue weighted by Crippen LogP contribution is -2.46. The van der Waals surface area contributed by atoms with Crippen LogP contribution in [0.1, 0.15) is 26.7 Å². The van der Waals surface area contributed by atoms with Gasteiger partial charge in [-0.25, -0.2) is 0 Å². The largest absolute Gasteiger partial charge is 0.480 e. The van der Waals surface area contributed by atoms with E-state index in [-0.39, 0.29) is 6.04 Å². The second-order valence-electron chi connectivity index (χ2n) is 3.70. The molecule has 3 atom stereocenters. The lowest BCUT2D eigenvalue weighted by Gasteiger charge is -2.29.